The Morgan fingerprint density at radius 1 is 1.31 bits per heavy atom. The summed E-state index contributed by atoms with van der Waals surface area (Å²) in [6, 6.07) is 1.68. The quantitative estimate of drug-likeness (QED) is 0.886. The van der Waals surface area contributed by atoms with Gasteiger partial charge in [0.15, 0.2) is 5.69 Å². The third-order valence-corrected chi connectivity index (χ3v) is 4.81. The molecule has 0 saturated heterocycles. The largest absolute Gasteiger partial charge is 0.360 e. The zero-order valence-electron chi connectivity index (χ0n) is 15.1. The Bertz CT molecular complexity index is 905. The summed E-state index contributed by atoms with van der Waals surface area (Å²) in [6.45, 7) is 6.24. The summed E-state index contributed by atoms with van der Waals surface area (Å²) in [7, 11) is 0. The number of fused-ring (bicyclic) bond motifs is 1. The molecule has 3 aliphatic rings. The minimum atomic E-state index is -0.440. The molecule has 1 fully saturated rings. The second-order valence-corrected chi connectivity index (χ2v) is 8.01. The molecule has 6 nitrogen and oxygen atoms in total. The van der Waals surface area contributed by atoms with Gasteiger partial charge in [-0.3, -0.25) is 9.59 Å². The second-order valence-electron chi connectivity index (χ2n) is 8.01. The fourth-order valence-corrected chi connectivity index (χ4v) is 3.27. The molecule has 4 rings (SSSR count). The second kappa shape index (κ2) is 5.90. The monoisotopic (exact) mass is 351 g/mol. The lowest BCUT2D eigenvalue weighted by atomic mass is 9.74. The summed E-state index contributed by atoms with van der Waals surface area (Å²) >= 11 is 0. The van der Waals surface area contributed by atoms with Crippen LogP contribution in [0.15, 0.2) is 51.2 Å². The van der Waals surface area contributed by atoms with Crippen LogP contribution in [0.5, 0.6) is 0 Å². The van der Waals surface area contributed by atoms with Crippen LogP contribution in [0.2, 0.25) is 0 Å². The molecule has 0 radical (unpaired) electrons. The molecular formula is C20H21N3O3. The van der Waals surface area contributed by atoms with Crippen LogP contribution < -0.4 is 5.32 Å². The average Bonchev–Trinajstić information content (AvgIpc) is 3.29. The van der Waals surface area contributed by atoms with Gasteiger partial charge < -0.3 is 9.84 Å². The first-order valence-electron chi connectivity index (χ1n) is 8.84. The number of hydrogen-bond acceptors (Lipinski definition) is 4. The molecule has 1 saturated carbocycles. The first kappa shape index (κ1) is 16.7. The van der Waals surface area contributed by atoms with Crippen LogP contribution >= 0.6 is 0 Å². The number of nitrogens with zero attached hydrogens (tertiary/aromatic N) is 2. The molecule has 2 aliphatic carbocycles. The van der Waals surface area contributed by atoms with Gasteiger partial charge in [-0.1, -0.05) is 32.0 Å². The maximum absolute atomic E-state index is 12.3. The van der Waals surface area contributed by atoms with Gasteiger partial charge >= 0.3 is 0 Å². The Balaban J connectivity index is 1.58. The number of carbonyl (C=O) groups is 2. The van der Waals surface area contributed by atoms with Crippen molar-refractivity contribution in [3.63, 3.8) is 0 Å². The maximum Gasteiger partial charge on any atom is 0.299 e. The van der Waals surface area contributed by atoms with E-state index >= 15 is 0 Å². The SMILES string of the molecule is CC(C)(C)C1=CC(=O)NC2=CC(=NC(=O)c3cc(C4CC4)on3)C=CC21. The van der Waals surface area contributed by atoms with Crippen LogP contribution in [0.1, 0.15) is 55.8 Å². The Morgan fingerprint density at radius 2 is 2.08 bits per heavy atom. The van der Waals surface area contributed by atoms with Gasteiger partial charge in [0.1, 0.15) is 5.76 Å². The van der Waals surface area contributed by atoms with Crippen molar-refractivity contribution in [2.45, 2.75) is 39.5 Å². The van der Waals surface area contributed by atoms with Crippen molar-refractivity contribution in [3.8, 4) is 0 Å². The standard InChI is InChI=1S/C20H21N3O3/c1-20(2,3)14-9-18(24)22-15-8-12(6-7-13(14)15)21-19(25)16-10-17(26-23-16)11-4-5-11/h6-11,13H,4-5H2,1-3H3,(H,22,24). The molecule has 0 bridgehead atoms. The number of amides is 2. The van der Waals surface area contributed by atoms with Crippen molar-refractivity contribution < 1.29 is 14.1 Å². The van der Waals surface area contributed by atoms with E-state index < -0.39 is 5.91 Å². The predicted octanol–water partition coefficient (Wildman–Crippen LogP) is 3.31. The summed E-state index contributed by atoms with van der Waals surface area (Å²) < 4.78 is 5.21. The molecular weight excluding hydrogens is 330 g/mol. The molecule has 1 unspecified atom stereocenters. The van der Waals surface area contributed by atoms with E-state index in [0.29, 0.717) is 11.6 Å². The van der Waals surface area contributed by atoms with E-state index in [9.17, 15) is 9.59 Å². The van der Waals surface area contributed by atoms with E-state index in [1.807, 2.05) is 12.2 Å². The lowest BCUT2D eigenvalue weighted by Crippen LogP contribution is -2.36. The maximum atomic E-state index is 12.3. The number of rotatable bonds is 2. The van der Waals surface area contributed by atoms with Crippen LogP contribution in [0, 0.1) is 11.3 Å². The zero-order valence-corrected chi connectivity index (χ0v) is 15.1. The van der Waals surface area contributed by atoms with E-state index in [1.165, 1.54) is 0 Å². The molecule has 26 heavy (non-hydrogen) atoms. The van der Waals surface area contributed by atoms with Crippen molar-refractivity contribution in [2.24, 2.45) is 16.3 Å². The first-order chi connectivity index (χ1) is 12.3. The minimum absolute atomic E-state index is 0.00438. The van der Waals surface area contributed by atoms with Gasteiger partial charge in [0.25, 0.3) is 5.91 Å². The minimum Gasteiger partial charge on any atom is -0.360 e. The van der Waals surface area contributed by atoms with Crippen LogP contribution in [-0.4, -0.2) is 22.7 Å². The lowest BCUT2D eigenvalue weighted by molar-refractivity contribution is -0.116. The van der Waals surface area contributed by atoms with Gasteiger partial charge in [0, 0.05) is 29.7 Å². The molecule has 6 heteroatoms. The van der Waals surface area contributed by atoms with Gasteiger partial charge in [-0.2, -0.15) is 0 Å². The topological polar surface area (TPSA) is 84.6 Å². The highest BCUT2D eigenvalue weighted by atomic mass is 16.5. The van der Waals surface area contributed by atoms with Gasteiger partial charge in [-0.25, -0.2) is 4.99 Å². The number of aromatic nitrogens is 1. The van der Waals surface area contributed by atoms with Crippen LogP contribution in [0.25, 0.3) is 0 Å². The summed E-state index contributed by atoms with van der Waals surface area (Å²) in [5, 5.41) is 6.68. The highest BCUT2D eigenvalue weighted by Gasteiger charge is 2.33. The number of carbonyl (C=O) groups excluding carboxylic acids is 2. The molecule has 1 aliphatic heterocycles. The summed E-state index contributed by atoms with van der Waals surface area (Å²) in [6.07, 6.45) is 9.35. The van der Waals surface area contributed by atoms with Crippen LogP contribution in [0.4, 0.5) is 0 Å². The van der Waals surface area contributed by atoms with Crippen molar-refractivity contribution in [1.29, 1.82) is 0 Å². The Labute approximate surface area is 151 Å². The van der Waals surface area contributed by atoms with Gasteiger partial charge in [0.2, 0.25) is 5.91 Å². The number of allylic oxidation sites excluding steroid dienone is 3. The zero-order chi connectivity index (χ0) is 18.5. The number of aliphatic imine (C=N–C) groups is 1. The van der Waals surface area contributed by atoms with Gasteiger partial charge in [0.05, 0.1) is 5.71 Å². The van der Waals surface area contributed by atoms with E-state index in [4.69, 9.17) is 4.52 Å². The summed E-state index contributed by atoms with van der Waals surface area (Å²) in [5.41, 5.74) is 2.37. The highest BCUT2D eigenvalue weighted by molar-refractivity contribution is 6.13. The van der Waals surface area contributed by atoms with E-state index in [0.717, 1.165) is 29.9 Å². The third-order valence-electron chi connectivity index (χ3n) is 4.81. The van der Waals surface area contributed by atoms with Crippen LogP contribution in [0.3, 0.4) is 0 Å². The smallest absolute Gasteiger partial charge is 0.299 e. The number of nitrogens with one attached hydrogen (secondary N) is 1. The fourth-order valence-electron chi connectivity index (χ4n) is 3.27. The molecule has 0 spiro atoms. The van der Waals surface area contributed by atoms with Gasteiger partial charge in [-0.15, -0.1) is 0 Å². The van der Waals surface area contributed by atoms with Crippen LogP contribution in [-0.2, 0) is 4.79 Å². The number of hydrogen-bond donors (Lipinski definition) is 1. The van der Waals surface area contributed by atoms with E-state index in [2.05, 4.69) is 36.2 Å². The molecule has 2 heterocycles. The van der Waals surface area contributed by atoms with Crippen molar-refractivity contribution in [3.05, 3.63) is 53.1 Å². The molecule has 1 aromatic heterocycles. The predicted molar refractivity (Wildman–Crippen MR) is 96.6 cm³/mol. The Hall–Kier alpha value is -2.76. The highest BCUT2D eigenvalue weighted by Crippen LogP contribution is 2.40. The molecule has 134 valence electrons. The van der Waals surface area contributed by atoms with E-state index in [-0.39, 0.29) is 22.9 Å². The molecule has 2 amide bonds. The summed E-state index contributed by atoms with van der Waals surface area (Å²) in [4.78, 5) is 28.5. The Morgan fingerprint density at radius 3 is 2.77 bits per heavy atom. The van der Waals surface area contributed by atoms with E-state index in [1.54, 1.807) is 18.2 Å². The normalized spacial score (nSPS) is 24.0. The first-order valence-corrected chi connectivity index (χ1v) is 8.84. The average molecular weight is 351 g/mol. The molecule has 1 aromatic rings. The van der Waals surface area contributed by atoms with Crippen molar-refractivity contribution >= 4 is 17.5 Å². The lowest BCUT2D eigenvalue weighted by Gasteiger charge is -2.34. The fraction of sp³-hybridized carbons (Fsp3) is 0.400. The van der Waals surface area contributed by atoms with Crippen molar-refractivity contribution in [1.82, 2.24) is 10.5 Å². The Kier molecular flexibility index (Phi) is 3.79. The molecule has 0 aromatic carbocycles. The van der Waals surface area contributed by atoms with Crippen molar-refractivity contribution in [2.75, 3.05) is 0 Å². The third kappa shape index (κ3) is 3.19. The van der Waals surface area contributed by atoms with Gasteiger partial charge in [-0.05, 0) is 36.0 Å². The molecule has 1 atom stereocenters. The molecule has 1 N–H and O–H groups in total. The summed E-state index contributed by atoms with van der Waals surface area (Å²) in [5.74, 6) is 0.559.